The largest absolute Gasteiger partial charge is 0.375 e. The highest BCUT2D eigenvalue weighted by atomic mass is 16.5. The summed E-state index contributed by atoms with van der Waals surface area (Å²) in [6.07, 6.45) is 0. The molecule has 0 radical (unpaired) electrons. The van der Waals surface area contributed by atoms with Gasteiger partial charge in [-0.1, -0.05) is 0 Å². The summed E-state index contributed by atoms with van der Waals surface area (Å²) in [5.41, 5.74) is 5.93. The zero-order valence-electron chi connectivity index (χ0n) is 12.8. The van der Waals surface area contributed by atoms with Gasteiger partial charge >= 0.3 is 0 Å². The van der Waals surface area contributed by atoms with E-state index in [-0.39, 0.29) is 11.1 Å². The maximum Gasteiger partial charge on any atom is 0.0600 e. The second-order valence-corrected chi connectivity index (χ2v) is 6.81. The predicted molar refractivity (Wildman–Crippen MR) is 76.9 cm³/mol. The lowest BCUT2D eigenvalue weighted by atomic mass is 10.0. The van der Waals surface area contributed by atoms with Gasteiger partial charge in [-0.25, -0.2) is 0 Å². The first-order chi connectivity index (χ1) is 8.24. The summed E-state index contributed by atoms with van der Waals surface area (Å²) in [4.78, 5) is 4.98. The van der Waals surface area contributed by atoms with Gasteiger partial charge in [0.2, 0.25) is 0 Å². The molecule has 0 aromatic rings. The molecular formula is C14H31N3O. The van der Waals surface area contributed by atoms with E-state index in [1.165, 1.54) is 0 Å². The molecule has 1 saturated heterocycles. The Balaban J connectivity index is 2.24. The molecule has 18 heavy (non-hydrogen) atoms. The first-order valence-electron chi connectivity index (χ1n) is 7.06. The van der Waals surface area contributed by atoms with E-state index in [2.05, 4.69) is 44.4 Å². The summed E-state index contributed by atoms with van der Waals surface area (Å²) in [7, 11) is 0. The monoisotopic (exact) mass is 257 g/mol. The van der Waals surface area contributed by atoms with Gasteiger partial charge in [0.15, 0.2) is 0 Å². The van der Waals surface area contributed by atoms with Crippen molar-refractivity contribution in [1.82, 2.24) is 9.80 Å². The summed E-state index contributed by atoms with van der Waals surface area (Å²) in [6.45, 7) is 17.8. The molecule has 0 aliphatic carbocycles. The van der Waals surface area contributed by atoms with Crippen LogP contribution in [0.3, 0.4) is 0 Å². The van der Waals surface area contributed by atoms with E-state index in [1.807, 2.05) is 0 Å². The van der Waals surface area contributed by atoms with Crippen molar-refractivity contribution in [3.05, 3.63) is 0 Å². The smallest absolute Gasteiger partial charge is 0.0600 e. The van der Waals surface area contributed by atoms with Gasteiger partial charge in [0, 0.05) is 44.8 Å². The van der Waals surface area contributed by atoms with E-state index >= 15 is 0 Å². The SMILES string of the molecule is CC(C)(C)OCCN1CCN(C(C)(C)CN)CC1. The van der Waals surface area contributed by atoms with Crippen molar-refractivity contribution in [3.8, 4) is 0 Å². The summed E-state index contributed by atoms with van der Waals surface area (Å²) in [5, 5.41) is 0. The third-order valence-corrected chi connectivity index (χ3v) is 3.67. The van der Waals surface area contributed by atoms with E-state index in [0.29, 0.717) is 0 Å². The number of hydrogen-bond donors (Lipinski definition) is 1. The molecule has 4 nitrogen and oxygen atoms in total. The van der Waals surface area contributed by atoms with Gasteiger partial charge in [0.05, 0.1) is 12.2 Å². The van der Waals surface area contributed by atoms with Crippen LogP contribution < -0.4 is 5.73 Å². The minimum absolute atomic E-state index is 0.0244. The van der Waals surface area contributed by atoms with Crippen molar-refractivity contribution in [2.24, 2.45) is 5.73 Å². The van der Waals surface area contributed by atoms with Gasteiger partial charge in [-0.15, -0.1) is 0 Å². The van der Waals surface area contributed by atoms with E-state index in [1.54, 1.807) is 0 Å². The Morgan fingerprint density at radius 2 is 1.56 bits per heavy atom. The molecule has 0 atom stereocenters. The van der Waals surface area contributed by atoms with Crippen LogP contribution in [0, 0.1) is 0 Å². The van der Waals surface area contributed by atoms with Crippen LogP contribution in [0.5, 0.6) is 0 Å². The average molecular weight is 257 g/mol. The molecule has 1 fully saturated rings. The van der Waals surface area contributed by atoms with Crippen LogP contribution in [-0.2, 0) is 4.74 Å². The Labute approximate surface area is 112 Å². The Kier molecular flexibility index (Phi) is 5.59. The topological polar surface area (TPSA) is 41.7 Å². The van der Waals surface area contributed by atoms with Crippen LogP contribution in [0.4, 0.5) is 0 Å². The number of nitrogens with zero attached hydrogens (tertiary/aromatic N) is 2. The molecule has 0 unspecified atom stereocenters. The normalized spacial score (nSPS) is 20.3. The molecule has 1 aliphatic heterocycles. The molecule has 0 spiro atoms. The van der Waals surface area contributed by atoms with Crippen molar-refractivity contribution < 1.29 is 4.74 Å². The van der Waals surface area contributed by atoms with Gasteiger partial charge in [-0.05, 0) is 34.6 Å². The molecule has 0 aromatic heterocycles. The molecular weight excluding hydrogens is 226 g/mol. The molecule has 0 saturated carbocycles. The number of ether oxygens (including phenoxy) is 1. The van der Waals surface area contributed by atoms with E-state index < -0.39 is 0 Å². The van der Waals surface area contributed by atoms with Crippen LogP contribution >= 0.6 is 0 Å². The van der Waals surface area contributed by atoms with Gasteiger partial charge in [0.25, 0.3) is 0 Å². The average Bonchev–Trinajstić information content (AvgIpc) is 2.28. The van der Waals surface area contributed by atoms with Gasteiger partial charge in [-0.2, -0.15) is 0 Å². The fourth-order valence-electron chi connectivity index (χ4n) is 2.19. The van der Waals surface area contributed by atoms with Gasteiger partial charge in [-0.3, -0.25) is 9.80 Å². The van der Waals surface area contributed by atoms with E-state index in [0.717, 1.165) is 45.9 Å². The number of hydrogen-bond acceptors (Lipinski definition) is 4. The summed E-state index contributed by atoms with van der Waals surface area (Å²) < 4.78 is 5.77. The Morgan fingerprint density at radius 3 is 2.00 bits per heavy atom. The summed E-state index contributed by atoms with van der Waals surface area (Å²) in [6, 6.07) is 0. The van der Waals surface area contributed by atoms with Crippen molar-refractivity contribution in [2.45, 2.75) is 45.8 Å². The lowest BCUT2D eigenvalue weighted by molar-refractivity contribution is -0.0224. The Morgan fingerprint density at radius 1 is 1.00 bits per heavy atom. The molecule has 1 heterocycles. The van der Waals surface area contributed by atoms with Crippen molar-refractivity contribution >= 4 is 0 Å². The van der Waals surface area contributed by atoms with E-state index in [9.17, 15) is 0 Å². The zero-order valence-corrected chi connectivity index (χ0v) is 12.8. The highest BCUT2D eigenvalue weighted by Crippen LogP contribution is 2.15. The highest BCUT2D eigenvalue weighted by Gasteiger charge is 2.28. The van der Waals surface area contributed by atoms with Gasteiger partial charge in [0.1, 0.15) is 0 Å². The number of rotatable bonds is 5. The Bertz CT molecular complexity index is 240. The molecule has 0 amide bonds. The molecule has 108 valence electrons. The summed E-state index contributed by atoms with van der Waals surface area (Å²) in [5.74, 6) is 0. The van der Waals surface area contributed by atoms with Crippen molar-refractivity contribution in [2.75, 3.05) is 45.9 Å². The minimum Gasteiger partial charge on any atom is -0.375 e. The fourth-order valence-corrected chi connectivity index (χ4v) is 2.19. The second-order valence-electron chi connectivity index (χ2n) is 6.81. The number of piperazine rings is 1. The second kappa shape index (κ2) is 6.33. The summed E-state index contributed by atoms with van der Waals surface area (Å²) >= 11 is 0. The molecule has 1 aliphatic rings. The van der Waals surface area contributed by atoms with Gasteiger partial charge < -0.3 is 10.5 Å². The molecule has 2 N–H and O–H groups in total. The van der Waals surface area contributed by atoms with E-state index in [4.69, 9.17) is 10.5 Å². The maximum absolute atomic E-state index is 5.82. The van der Waals surface area contributed by atoms with Crippen LogP contribution in [0.15, 0.2) is 0 Å². The van der Waals surface area contributed by atoms with Crippen LogP contribution in [0.1, 0.15) is 34.6 Å². The third-order valence-electron chi connectivity index (χ3n) is 3.67. The quantitative estimate of drug-likeness (QED) is 0.802. The molecule has 4 heteroatoms. The lowest BCUT2D eigenvalue weighted by Crippen LogP contribution is -2.57. The van der Waals surface area contributed by atoms with Crippen LogP contribution in [-0.4, -0.2) is 66.8 Å². The van der Waals surface area contributed by atoms with Crippen molar-refractivity contribution in [1.29, 1.82) is 0 Å². The third kappa shape index (κ3) is 5.22. The first kappa shape index (κ1) is 15.9. The Hall–Kier alpha value is -0.160. The first-order valence-corrected chi connectivity index (χ1v) is 7.06. The molecule has 0 aromatic carbocycles. The minimum atomic E-state index is -0.0244. The fraction of sp³-hybridized carbons (Fsp3) is 1.00. The molecule has 1 rings (SSSR count). The van der Waals surface area contributed by atoms with Crippen LogP contribution in [0.25, 0.3) is 0 Å². The maximum atomic E-state index is 5.82. The molecule has 0 bridgehead atoms. The van der Waals surface area contributed by atoms with Crippen LogP contribution in [0.2, 0.25) is 0 Å². The standard InChI is InChI=1S/C14H31N3O/c1-13(2,3)18-11-10-16-6-8-17(9-7-16)14(4,5)12-15/h6-12,15H2,1-5H3. The number of nitrogens with two attached hydrogens (primary N) is 1. The van der Waals surface area contributed by atoms with Crippen molar-refractivity contribution in [3.63, 3.8) is 0 Å². The highest BCUT2D eigenvalue weighted by molar-refractivity contribution is 4.86. The predicted octanol–water partition coefficient (Wildman–Crippen LogP) is 1.16. The zero-order chi connectivity index (χ0) is 13.8. The lowest BCUT2D eigenvalue weighted by Gasteiger charge is -2.43.